The van der Waals surface area contributed by atoms with Gasteiger partial charge in [0.15, 0.2) is 0 Å². The van der Waals surface area contributed by atoms with E-state index in [4.69, 9.17) is 0 Å². The monoisotopic (exact) mass is 377 g/mol. The van der Waals surface area contributed by atoms with Crippen LogP contribution in [0.3, 0.4) is 0 Å². The summed E-state index contributed by atoms with van der Waals surface area (Å²) in [7, 11) is 0. The van der Waals surface area contributed by atoms with Crippen LogP contribution in [0.25, 0.3) is 0 Å². The lowest BCUT2D eigenvalue weighted by Crippen LogP contribution is -2.69. The topological polar surface area (TPSA) is 69.7 Å². The van der Waals surface area contributed by atoms with Crippen molar-refractivity contribution in [3.8, 4) is 0 Å². The van der Waals surface area contributed by atoms with Gasteiger partial charge in [0.1, 0.15) is 0 Å². The Hall–Kier alpha value is -3.15. The maximum atomic E-state index is 13.5. The molecule has 2 aromatic rings. The van der Waals surface area contributed by atoms with Crippen LogP contribution in [0.2, 0.25) is 0 Å². The highest BCUT2D eigenvalue weighted by Gasteiger charge is 2.60. The summed E-state index contributed by atoms with van der Waals surface area (Å²) in [6.07, 6.45) is 2.16. The fourth-order valence-corrected chi connectivity index (χ4v) is 4.16. The number of nitrogens with zero attached hydrogens (tertiary/aromatic N) is 2. The first-order valence-electron chi connectivity index (χ1n) is 9.70. The summed E-state index contributed by atoms with van der Waals surface area (Å²) in [5.74, 6) is -0.675. The molecule has 3 amide bonds. The van der Waals surface area contributed by atoms with Crippen molar-refractivity contribution in [1.29, 1.82) is 0 Å². The Morgan fingerprint density at radius 3 is 2.54 bits per heavy atom. The van der Waals surface area contributed by atoms with Gasteiger partial charge in [0.25, 0.3) is 11.8 Å². The summed E-state index contributed by atoms with van der Waals surface area (Å²) >= 11 is 0. The smallest absolute Gasteiger partial charge is 0.271 e. The quantitative estimate of drug-likeness (QED) is 0.868. The van der Waals surface area contributed by atoms with Gasteiger partial charge in [-0.15, -0.1) is 0 Å². The molecule has 2 aliphatic heterocycles. The first-order chi connectivity index (χ1) is 13.6. The molecule has 1 fully saturated rings. The maximum absolute atomic E-state index is 13.5. The van der Waals surface area contributed by atoms with Crippen molar-refractivity contribution in [3.05, 3.63) is 60.2 Å². The van der Waals surface area contributed by atoms with E-state index in [1.807, 2.05) is 25.1 Å². The molecular formula is C22H23N3O3. The van der Waals surface area contributed by atoms with E-state index in [0.717, 1.165) is 12.8 Å². The Balaban J connectivity index is 1.83. The molecule has 1 N–H and O–H groups in total. The second-order valence-electron chi connectivity index (χ2n) is 7.19. The molecule has 2 aliphatic rings. The third kappa shape index (κ3) is 2.68. The van der Waals surface area contributed by atoms with Crippen LogP contribution in [0.15, 0.2) is 54.6 Å². The van der Waals surface area contributed by atoms with Crippen LogP contribution in [0.1, 0.15) is 43.0 Å². The minimum absolute atomic E-state index is 0.135. The highest BCUT2D eigenvalue weighted by Crippen LogP contribution is 2.45. The number of benzene rings is 2. The van der Waals surface area contributed by atoms with E-state index in [1.54, 1.807) is 41.3 Å². The van der Waals surface area contributed by atoms with Gasteiger partial charge in [0.2, 0.25) is 11.6 Å². The molecule has 0 bridgehead atoms. The van der Waals surface area contributed by atoms with Crippen LogP contribution in [-0.2, 0) is 9.59 Å². The number of carbonyl (C=O) groups excluding carboxylic acids is 3. The van der Waals surface area contributed by atoms with Crippen molar-refractivity contribution < 1.29 is 14.4 Å². The van der Waals surface area contributed by atoms with Gasteiger partial charge in [-0.25, -0.2) is 0 Å². The zero-order valence-corrected chi connectivity index (χ0v) is 15.9. The fourth-order valence-electron chi connectivity index (χ4n) is 4.16. The summed E-state index contributed by atoms with van der Waals surface area (Å²) in [5, 5.41) is 2.93. The van der Waals surface area contributed by atoms with Gasteiger partial charge < -0.3 is 10.2 Å². The molecule has 6 heteroatoms. The maximum Gasteiger partial charge on any atom is 0.271 e. The highest BCUT2D eigenvalue weighted by atomic mass is 16.2. The van der Waals surface area contributed by atoms with Crippen molar-refractivity contribution in [2.24, 2.45) is 0 Å². The highest BCUT2D eigenvalue weighted by molar-refractivity contribution is 6.18. The molecule has 0 saturated carbocycles. The second-order valence-corrected chi connectivity index (χ2v) is 7.19. The molecule has 1 saturated heterocycles. The number of hydrogen-bond acceptors (Lipinski definition) is 3. The average Bonchev–Trinajstić information content (AvgIpc) is 3.07. The van der Waals surface area contributed by atoms with Gasteiger partial charge in [-0.2, -0.15) is 0 Å². The zero-order chi connectivity index (χ0) is 19.7. The Morgan fingerprint density at radius 1 is 1.07 bits per heavy atom. The van der Waals surface area contributed by atoms with Crippen molar-refractivity contribution in [2.75, 3.05) is 16.8 Å². The van der Waals surface area contributed by atoms with Crippen LogP contribution >= 0.6 is 0 Å². The molecule has 2 heterocycles. The molecule has 6 nitrogen and oxygen atoms in total. The number of fused-ring (bicyclic) bond motifs is 3. The lowest BCUT2D eigenvalue weighted by atomic mass is 9.95. The number of carbonyl (C=O) groups is 3. The lowest BCUT2D eigenvalue weighted by molar-refractivity contribution is -0.129. The largest absolute Gasteiger partial charge is 0.322 e. The van der Waals surface area contributed by atoms with Crippen molar-refractivity contribution >= 4 is 29.1 Å². The van der Waals surface area contributed by atoms with Crippen LogP contribution in [0.4, 0.5) is 11.4 Å². The molecule has 0 radical (unpaired) electrons. The standard InChI is InChI=1S/C22H23N3O3/c1-2-3-15-24-20(27)17-11-7-8-12-18(17)25-19(26)13-14-22(24,25)21(28)23-16-9-5-4-6-10-16/h4-12H,2-3,13-15H2,1H3,(H,23,28). The average molecular weight is 377 g/mol. The summed E-state index contributed by atoms with van der Waals surface area (Å²) < 4.78 is 0. The zero-order valence-electron chi connectivity index (χ0n) is 15.9. The van der Waals surface area contributed by atoms with Gasteiger partial charge in [-0.1, -0.05) is 43.7 Å². The summed E-state index contributed by atoms with van der Waals surface area (Å²) in [6.45, 7) is 2.46. The molecule has 2 aromatic carbocycles. The third-order valence-corrected chi connectivity index (χ3v) is 5.50. The van der Waals surface area contributed by atoms with E-state index >= 15 is 0 Å². The first kappa shape index (κ1) is 18.2. The molecule has 1 unspecified atom stereocenters. The number of hydrogen-bond donors (Lipinski definition) is 1. The molecule has 0 spiro atoms. The van der Waals surface area contributed by atoms with Gasteiger partial charge in [0.05, 0.1) is 11.3 Å². The van der Waals surface area contributed by atoms with E-state index in [9.17, 15) is 14.4 Å². The third-order valence-electron chi connectivity index (χ3n) is 5.50. The van der Waals surface area contributed by atoms with Gasteiger partial charge >= 0.3 is 0 Å². The number of rotatable bonds is 5. The minimum atomic E-state index is -1.33. The number of nitrogens with one attached hydrogen (secondary N) is 1. The summed E-state index contributed by atoms with van der Waals surface area (Å²) in [5.41, 5.74) is 0.305. The predicted molar refractivity (Wildman–Crippen MR) is 107 cm³/mol. The second kappa shape index (κ2) is 7.11. The minimum Gasteiger partial charge on any atom is -0.322 e. The SMILES string of the molecule is CCCCN1C(=O)c2ccccc2N2C(=O)CCC12C(=O)Nc1ccccc1. The molecule has 4 rings (SSSR count). The summed E-state index contributed by atoms with van der Waals surface area (Å²) in [4.78, 5) is 42.9. The lowest BCUT2D eigenvalue weighted by Gasteiger charge is -2.49. The number of unbranched alkanes of at least 4 members (excludes halogenated alkanes) is 1. The predicted octanol–water partition coefficient (Wildman–Crippen LogP) is 3.40. The van der Waals surface area contributed by atoms with E-state index in [1.165, 1.54) is 4.90 Å². The van der Waals surface area contributed by atoms with Crippen molar-refractivity contribution in [2.45, 2.75) is 38.3 Å². The Labute approximate surface area is 164 Å². The van der Waals surface area contributed by atoms with Crippen molar-refractivity contribution in [1.82, 2.24) is 4.90 Å². The van der Waals surface area contributed by atoms with Crippen LogP contribution in [-0.4, -0.2) is 34.8 Å². The molecule has 28 heavy (non-hydrogen) atoms. The van der Waals surface area contributed by atoms with E-state index < -0.39 is 5.66 Å². The van der Waals surface area contributed by atoms with Crippen molar-refractivity contribution in [3.63, 3.8) is 0 Å². The first-order valence-corrected chi connectivity index (χ1v) is 9.70. The Bertz CT molecular complexity index is 928. The molecule has 144 valence electrons. The normalized spacial score (nSPS) is 20.8. The Kier molecular flexibility index (Phi) is 4.63. The summed E-state index contributed by atoms with van der Waals surface area (Å²) in [6, 6.07) is 16.2. The fraction of sp³-hybridized carbons (Fsp3) is 0.318. The molecule has 0 aromatic heterocycles. The number of amides is 3. The van der Waals surface area contributed by atoms with E-state index in [2.05, 4.69) is 5.32 Å². The molecule has 0 aliphatic carbocycles. The van der Waals surface area contributed by atoms with Crippen LogP contribution < -0.4 is 10.2 Å². The Morgan fingerprint density at radius 2 is 1.79 bits per heavy atom. The van der Waals surface area contributed by atoms with Gasteiger partial charge in [-0.05, 0) is 30.7 Å². The number of anilines is 2. The van der Waals surface area contributed by atoms with E-state index in [-0.39, 0.29) is 30.6 Å². The van der Waals surface area contributed by atoms with Crippen LogP contribution in [0.5, 0.6) is 0 Å². The van der Waals surface area contributed by atoms with Crippen LogP contribution in [0, 0.1) is 0 Å². The van der Waals surface area contributed by atoms with Gasteiger partial charge in [-0.3, -0.25) is 19.3 Å². The molecule has 1 atom stereocenters. The van der Waals surface area contributed by atoms with Gasteiger partial charge in [0, 0.05) is 25.1 Å². The van der Waals surface area contributed by atoms with E-state index in [0.29, 0.717) is 23.5 Å². The number of para-hydroxylation sites is 2. The molecular weight excluding hydrogens is 354 g/mol.